The summed E-state index contributed by atoms with van der Waals surface area (Å²) < 4.78 is 32.0. The van der Waals surface area contributed by atoms with E-state index in [1.165, 1.54) is 24.3 Å². The minimum absolute atomic E-state index is 0.0819. The number of benzene rings is 1. The molecular formula is C16H22ClN3O5S. The Bertz CT molecular complexity index is 752. The average Bonchev–Trinajstić information content (AvgIpc) is 3.07. The predicted molar refractivity (Wildman–Crippen MR) is 95.9 cm³/mol. The number of sulfonamides is 1. The summed E-state index contributed by atoms with van der Waals surface area (Å²) in [5, 5.41) is 5.33. The second-order valence-corrected chi connectivity index (χ2v) is 8.54. The van der Waals surface area contributed by atoms with Crippen LogP contribution < -0.4 is 10.6 Å². The maximum atomic E-state index is 12.7. The zero-order valence-electron chi connectivity index (χ0n) is 14.6. The molecule has 2 rings (SSSR count). The Morgan fingerprint density at radius 3 is 2.46 bits per heavy atom. The average molecular weight is 404 g/mol. The molecule has 1 unspecified atom stereocenters. The van der Waals surface area contributed by atoms with Crippen molar-refractivity contribution < 1.29 is 22.7 Å². The van der Waals surface area contributed by atoms with Crippen LogP contribution in [0.3, 0.4) is 0 Å². The monoisotopic (exact) mass is 403 g/mol. The largest absolute Gasteiger partial charge is 0.359 e. The molecule has 0 bridgehead atoms. The number of nitrogens with zero attached hydrogens (tertiary/aromatic N) is 1. The van der Waals surface area contributed by atoms with Crippen LogP contribution in [0.5, 0.6) is 0 Å². The molecule has 0 spiro atoms. The highest BCUT2D eigenvalue weighted by atomic mass is 35.5. The van der Waals surface area contributed by atoms with Gasteiger partial charge in [-0.05, 0) is 30.2 Å². The maximum absolute atomic E-state index is 12.7. The number of rotatable bonds is 6. The number of amides is 2. The van der Waals surface area contributed by atoms with Gasteiger partial charge in [0, 0.05) is 18.1 Å². The van der Waals surface area contributed by atoms with Crippen molar-refractivity contribution in [2.75, 3.05) is 26.2 Å². The number of hydrogen-bond acceptors (Lipinski definition) is 5. The first-order valence-electron chi connectivity index (χ1n) is 8.17. The smallest absolute Gasteiger partial charge is 0.309 e. The van der Waals surface area contributed by atoms with Crippen LogP contribution in [-0.4, -0.2) is 57.0 Å². The summed E-state index contributed by atoms with van der Waals surface area (Å²) in [6.07, 6.45) is -0.877. The molecule has 1 fully saturated rings. The third kappa shape index (κ3) is 5.16. The van der Waals surface area contributed by atoms with Crippen molar-refractivity contribution in [3.05, 3.63) is 29.3 Å². The second kappa shape index (κ2) is 8.81. The molecule has 8 nitrogen and oxygen atoms in total. The Kier molecular flexibility index (Phi) is 6.99. The summed E-state index contributed by atoms with van der Waals surface area (Å²) >= 11 is 5.79. The first-order chi connectivity index (χ1) is 12.2. The Morgan fingerprint density at radius 1 is 1.23 bits per heavy atom. The third-order valence-electron chi connectivity index (χ3n) is 3.68. The Hall–Kier alpha value is -1.68. The van der Waals surface area contributed by atoms with E-state index < -0.39 is 28.1 Å². The van der Waals surface area contributed by atoms with Gasteiger partial charge in [0.15, 0.2) is 0 Å². The van der Waals surface area contributed by atoms with E-state index in [1.54, 1.807) is 0 Å². The van der Waals surface area contributed by atoms with Crippen molar-refractivity contribution in [2.24, 2.45) is 5.92 Å². The fourth-order valence-electron chi connectivity index (χ4n) is 2.32. The zero-order chi connectivity index (χ0) is 19.3. The lowest BCUT2D eigenvalue weighted by Gasteiger charge is -2.22. The van der Waals surface area contributed by atoms with Crippen LogP contribution in [0.4, 0.5) is 0 Å². The van der Waals surface area contributed by atoms with Crippen LogP contribution in [0.1, 0.15) is 13.8 Å². The summed E-state index contributed by atoms with van der Waals surface area (Å²) in [5.41, 5.74) is 0. The Balaban J connectivity index is 1.98. The van der Waals surface area contributed by atoms with Crippen LogP contribution in [-0.2, 0) is 24.3 Å². The van der Waals surface area contributed by atoms with Crippen molar-refractivity contribution in [1.29, 1.82) is 0 Å². The highest BCUT2D eigenvalue weighted by Gasteiger charge is 2.36. The van der Waals surface area contributed by atoms with Gasteiger partial charge in [-0.1, -0.05) is 25.4 Å². The van der Waals surface area contributed by atoms with E-state index in [4.69, 9.17) is 16.3 Å². The molecule has 0 radical (unpaired) electrons. The topological polar surface area (TPSA) is 105 Å². The van der Waals surface area contributed by atoms with E-state index >= 15 is 0 Å². The number of carbonyl (C=O) groups excluding carboxylic acids is 2. The van der Waals surface area contributed by atoms with Gasteiger partial charge in [0.2, 0.25) is 10.0 Å². The molecule has 0 saturated carbocycles. The standard InChI is InChI=1S/C16H22ClN3O5S/c1-11(2)9-18-15(21)16(22)19-10-14-20(7-8-25-14)26(23,24)13-5-3-12(17)4-6-13/h3-6,11,14H,7-10H2,1-2H3,(H,18,21)(H,19,22). The number of halogens is 1. The summed E-state index contributed by atoms with van der Waals surface area (Å²) in [6, 6.07) is 5.79. The summed E-state index contributed by atoms with van der Waals surface area (Å²) in [4.78, 5) is 23.6. The molecule has 144 valence electrons. The van der Waals surface area contributed by atoms with Crippen molar-refractivity contribution in [3.8, 4) is 0 Å². The van der Waals surface area contributed by atoms with Gasteiger partial charge in [-0.15, -0.1) is 0 Å². The molecular weight excluding hydrogens is 382 g/mol. The van der Waals surface area contributed by atoms with Gasteiger partial charge < -0.3 is 15.4 Å². The van der Waals surface area contributed by atoms with Crippen LogP contribution in [0.25, 0.3) is 0 Å². The first-order valence-corrected chi connectivity index (χ1v) is 9.98. The molecule has 1 saturated heterocycles. The lowest BCUT2D eigenvalue weighted by Crippen LogP contribution is -2.47. The number of carbonyl (C=O) groups is 2. The fraction of sp³-hybridized carbons (Fsp3) is 0.500. The minimum Gasteiger partial charge on any atom is -0.359 e. The molecule has 1 aliphatic rings. The van der Waals surface area contributed by atoms with Crippen LogP contribution in [0.2, 0.25) is 5.02 Å². The van der Waals surface area contributed by atoms with Crippen molar-refractivity contribution in [3.63, 3.8) is 0 Å². The van der Waals surface area contributed by atoms with E-state index in [2.05, 4.69) is 10.6 Å². The summed E-state index contributed by atoms with van der Waals surface area (Å²) in [7, 11) is -3.80. The Morgan fingerprint density at radius 2 is 1.85 bits per heavy atom. The highest BCUT2D eigenvalue weighted by Crippen LogP contribution is 2.23. The molecule has 0 aliphatic carbocycles. The molecule has 1 aliphatic heterocycles. The maximum Gasteiger partial charge on any atom is 0.309 e. The lowest BCUT2D eigenvalue weighted by molar-refractivity contribution is -0.139. The number of hydrogen-bond donors (Lipinski definition) is 2. The van der Waals surface area contributed by atoms with E-state index in [0.29, 0.717) is 11.6 Å². The van der Waals surface area contributed by atoms with Crippen LogP contribution >= 0.6 is 11.6 Å². The van der Waals surface area contributed by atoms with Gasteiger partial charge in [-0.2, -0.15) is 4.31 Å². The molecule has 1 aromatic rings. The van der Waals surface area contributed by atoms with Crippen LogP contribution in [0.15, 0.2) is 29.2 Å². The molecule has 1 atom stereocenters. The van der Waals surface area contributed by atoms with E-state index in [-0.39, 0.29) is 30.5 Å². The number of nitrogens with one attached hydrogen (secondary N) is 2. The molecule has 2 amide bonds. The summed E-state index contributed by atoms with van der Waals surface area (Å²) in [5.74, 6) is -1.38. The van der Waals surface area contributed by atoms with E-state index in [0.717, 1.165) is 4.31 Å². The van der Waals surface area contributed by atoms with Gasteiger partial charge in [-0.3, -0.25) is 9.59 Å². The predicted octanol–water partition coefficient (Wildman–Crippen LogP) is 0.575. The lowest BCUT2D eigenvalue weighted by atomic mass is 10.2. The molecule has 10 heteroatoms. The molecule has 0 aromatic heterocycles. The molecule has 1 heterocycles. The molecule has 1 aromatic carbocycles. The van der Waals surface area contributed by atoms with Gasteiger partial charge in [-0.25, -0.2) is 8.42 Å². The van der Waals surface area contributed by atoms with Crippen molar-refractivity contribution >= 4 is 33.4 Å². The highest BCUT2D eigenvalue weighted by molar-refractivity contribution is 7.89. The van der Waals surface area contributed by atoms with Gasteiger partial charge in [0.1, 0.15) is 6.23 Å². The zero-order valence-corrected chi connectivity index (χ0v) is 16.1. The minimum atomic E-state index is -3.80. The van der Waals surface area contributed by atoms with Gasteiger partial charge in [0.05, 0.1) is 18.0 Å². The number of ether oxygens (including phenoxy) is 1. The SMILES string of the molecule is CC(C)CNC(=O)C(=O)NCC1OCCN1S(=O)(=O)c1ccc(Cl)cc1. The van der Waals surface area contributed by atoms with Gasteiger partial charge in [0.25, 0.3) is 0 Å². The Labute approximate surface area is 157 Å². The quantitative estimate of drug-likeness (QED) is 0.676. The summed E-state index contributed by atoms with van der Waals surface area (Å²) in [6.45, 7) is 4.43. The second-order valence-electron chi connectivity index (χ2n) is 6.21. The first kappa shape index (κ1) is 20.6. The van der Waals surface area contributed by atoms with Crippen molar-refractivity contribution in [1.82, 2.24) is 14.9 Å². The third-order valence-corrected chi connectivity index (χ3v) is 5.83. The van der Waals surface area contributed by atoms with E-state index in [1.807, 2.05) is 13.8 Å². The van der Waals surface area contributed by atoms with E-state index in [9.17, 15) is 18.0 Å². The molecule has 26 heavy (non-hydrogen) atoms. The molecule has 2 N–H and O–H groups in total. The fourth-order valence-corrected chi connectivity index (χ4v) is 3.96. The normalized spacial score (nSPS) is 18.1. The van der Waals surface area contributed by atoms with Gasteiger partial charge >= 0.3 is 11.8 Å². The van der Waals surface area contributed by atoms with Crippen molar-refractivity contribution in [2.45, 2.75) is 25.0 Å². The van der Waals surface area contributed by atoms with Crippen LogP contribution in [0, 0.1) is 5.92 Å².